The quantitative estimate of drug-likeness (QED) is 0.213. The predicted molar refractivity (Wildman–Crippen MR) is 155 cm³/mol. The first-order chi connectivity index (χ1) is 18.5. The van der Waals surface area contributed by atoms with Crippen molar-refractivity contribution in [3.8, 4) is 22.1 Å². The predicted octanol–water partition coefficient (Wildman–Crippen LogP) is 7.22. The van der Waals surface area contributed by atoms with Crippen LogP contribution in [-0.2, 0) is 11.3 Å². The van der Waals surface area contributed by atoms with Crippen molar-refractivity contribution >= 4 is 38.8 Å². The van der Waals surface area contributed by atoms with Crippen LogP contribution in [-0.4, -0.2) is 24.6 Å². The highest BCUT2D eigenvalue weighted by atomic mass is 32.1. The molecule has 0 fully saturated rings. The van der Waals surface area contributed by atoms with E-state index in [0.717, 1.165) is 38.6 Å². The van der Waals surface area contributed by atoms with E-state index in [4.69, 9.17) is 14.5 Å². The molecule has 0 aliphatic heterocycles. The highest BCUT2D eigenvalue weighted by Gasteiger charge is 2.13. The van der Waals surface area contributed by atoms with E-state index < -0.39 is 0 Å². The number of carbonyl (C=O) groups excluding carboxylic acids is 1. The number of carbonyl (C=O) groups is 1. The first kappa shape index (κ1) is 25.3. The van der Waals surface area contributed by atoms with E-state index >= 15 is 0 Å². The number of nitrogens with one attached hydrogen (secondary N) is 2. The van der Waals surface area contributed by atoms with E-state index in [1.54, 1.807) is 18.4 Å². The smallest absolute Gasteiger partial charge is 0.262 e. The first-order valence-corrected chi connectivity index (χ1v) is 13.2. The molecule has 38 heavy (non-hydrogen) atoms. The van der Waals surface area contributed by atoms with Crippen LogP contribution in [0.5, 0.6) is 11.5 Å². The molecular formula is C31H29N3O3S. The molecule has 1 heterocycles. The van der Waals surface area contributed by atoms with Crippen molar-refractivity contribution in [2.24, 2.45) is 0 Å². The summed E-state index contributed by atoms with van der Waals surface area (Å²) in [6.45, 7) is 4.48. The normalized spacial score (nSPS) is 10.8. The van der Waals surface area contributed by atoms with Gasteiger partial charge in [-0.05, 0) is 74.0 Å². The van der Waals surface area contributed by atoms with Gasteiger partial charge in [0, 0.05) is 29.0 Å². The zero-order chi connectivity index (χ0) is 26.5. The van der Waals surface area contributed by atoms with Crippen molar-refractivity contribution in [1.82, 2.24) is 4.98 Å². The van der Waals surface area contributed by atoms with Crippen molar-refractivity contribution in [2.45, 2.75) is 20.4 Å². The van der Waals surface area contributed by atoms with Gasteiger partial charge in [0.2, 0.25) is 0 Å². The third-order valence-corrected chi connectivity index (χ3v) is 7.19. The Labute approximate surface area is 226 Å². The van der Waals surface area contributed by atoms with Crippen LogP contribution >= 0.6 is 11.3 Å². The van der Waals surface area contributed by atoms with Crippen LogP contribution in [0.15, 0.2) is 84.9 Å². The van der Waals surface area contributed by atoms with Gasteiger partial charge in [-0.1, -0.05) is 35.9 Å². The Balaban J connectivity index is 1.24. The molecule has 0 bridgehead atoms. The maximum Gasteiger partial charge on any atom is 0.262 e. The number of rotatable bonds is 9. The van der Waals surface area contributed by atoms with Gasteiger partial charge in [0.1, 0.15) is 5.01 Å². The molecule has 0 aliphatic rings. The Morgan fingerprint density at radius 3 is 2.39 bits per heavy atom. The lowest BCUT2D eigenvalue weighted by atomic mass is 10.1. The Hall–Kier alpha value is -4.36. The van der Waals surface area contributed by atoms with Crippen LogP contribution in [0.25, 0.3) is 20.8 Å². The standard InChI is InChI=1S/C31H29N3O3S/c1-20-7-12-25(13-8-20)33-29(35)19-37-30-23(5-4-6-27(30)36-3)18-32-24-14-10-22(11-15-24)31-34-26-16-9-21(2)17-28(26)38-31/h4-17,32H,18-19H2,1-3H3,(H,33,35). The summed E-state index contributed by atoms with van der Waals surface area (Å²) < 4.78 is 12.6. The van der Waals surface area contributed by atoms with Crippen LogP contribution in [0.1, 0.15) is 16.7 Å². The van der Waals surface area contributed by atoms with E-state index in [1.165, 1.54) is 10.3 Å². The Bertz CT molecular complexity index is 1560. The largest absolute Gasteiger partial charge is 0.493 e. The zero-order valence-electron chi connectivity index (χ0n) is 21.6. The second kappa shape index (κ2) is 11.4. The van der Waals surface area contributed by atoms with E-state index in [-0.39, 0.29) is 12.5 Å². The molecule has 0 spiro atoms. The third-order valence-electron chi connectivity index (χ3n) is 6.12. The maximum atomic E-state index is 12.5. The number of hydrogen-bond acceptors (Lipinski definition) is 6. The number of anilines is 2. The molecule has 0 radical (unpaired) electrons. The van der Waals surface area contributed by atoms with Gasteiger partial charge in [-0.15, -0.1) is 11.3 Å². The summed E-state index contributed by atoms with van der Waals surface area (Å²) in [5, 5.41) is 7.31. The second-order valence-corrected chi connectivity index (χ2v) is 10.1. The number of methoxy groups -OCH3 is 1. The van der Waals surface area contributed by atoms with Crippen molar-refractivity contribution in [1.29, 1.82) is 0 Å². The van der Waals surface area contributed by atoms with Crippen LogP contribution in [0, 0.1) is 13.8 Å². The number of nitrogens with zero attached hydrogens (tertiary/aromatic N) is 1. The molecule has 2 N–H and O–H groups in total. The molecule has 7 heteroatoms. The van der Waals surface area contributed by atoms with Gasteiger partial charge >= 0.3 is 0 Å². The molecule has 0 atom stereocenters. The SMILES string of the molecule is COc1cccc(CNc2ccc(-c3nc4ccc(C)cc4s3)cc2)c1OCC(=O)Nc1ccc(C)cc1. The van der Waals surface area contributed by atoms with Gasteiger partial charge in [0.25, 0.3) is 5.91 Å². The summed E-state index contributed by atoms with van der Waals surface area (Å²) in [7, 11) is 1.59. The molecule has 1 aromatic heterocycles. The van der Waals surface area contributed by atoms with E-state index in [0.29, 0.717) is 18.0 Å². The molecule has 0 unspecified atom stereocenters. The molecular weight excluding hydrogens is 494 g/mol. The minimum atomic E-state index is -0.237. The molecule has 0 saturated carbocycles. The fourth-order valence-corrected chi connectivity index (χ4v) is 5.15. The van der Waals surface area contributed by atoms with E-state index in [1.807, 2.05) is 61.5 Å². The number of aromatic nitrogens is 1. The number of para-hydroxylation sites is 1. The number of ether oxygens (including phenoxy) is 2. The van der Waals surface area contributed by atoms with Crippen LogP contribution in [0.3, 0.4) is 0 Å². The number of thiazole rings is 1. The summed E-state index contributed by atoms with van der Waals surface area (Å²) in [5.41, 5.74) is 7.06. The van der Waals surface area contributed by atoms with Gasteiger partial charge in [-0.3, -0.25) is 4.79 Å². The lowest BCUT2D eigenvalue weighted by Crippen LogP contribution is -2.21. The summed E-state index contributed by atoms with van der Waals surface area (Å²) in [6.07, 6.45) is 0. The maximum absolute atomic E-state index is 12.5. The lowest BCUT2D eigenvalue weighted by molar-refractivity contribution is -0.118. The van der Waals surface area contributed by atoms with Crippen LogP contribution in [0.4, 0.5) is 11.4 Å². The van der Waals surface area contributed by atoms with Gasteiger partial charge < -0.3 is 20.1 Å². The van der Waals surface area contributed by atoms with Gasteiger partial charge in [0.05, 0.1) is 17.3 Å². The minimum absolute atomic E-state index is 0.127. The summed E-state index contributed by atoms with van der Waals surface area (Å²) in [6, 6.07) is 27.9. The highest BCUT2D eigenvalue weighted by molar-refractivity contribution is 7.21. The van der Waals surface area contributed by atoms with Crippen molar-refractivity contribution in [3.05, 3.63) is 102 Å². The van der Waals surface area contributed by atoms with Crippen molar-refractivity contribution in [3.63, 3.8) is 0 Å². The molecule has 4 aromatic carbocycles. The Morgan fingerprint density at radius 2 is 1.63 bits per heavy atom. The third kappa shape index (κ3) is 5.95. The number of benzene rings is 4. The average molecular weight is 524 g/mol. The molecule has 0 aliphatic carbocycles. The molecule has 5 rings (SSSR count). The number of aryl methyl sites for hydroxylation is 2. The summed E-state index contributed by atoms with van der Waals surface area (Å²) in [4.78, 5) is 17.3. The molecule has 6 nitrogen and oxygen atoms in total. The van der Waals surface area contributed by atoms with Gasteiger partial charge in [-0.25, -0.2) is 4.98 Å². The first-order valence-electron chi connectivity index (χ1n) is 12.4. The van der Waals surface area contributed by atoms with Crippen LogP contribution in [0.2, 0.25) is 0 Å². The van der Waals surface area contributed by atoms with Gasteiger partial charge in [0.15, 0.2) is 18.1 Å². The summed E-state index contributed by atoms with van der Waals surface area (Å²) >= 11 is 1.70. The highest BCUT2D eigenvalue weighted by Crippen LogP contribution is 2.33. The van der Waals surface area contributed by atoms with Crippen LogP contribution < -0.4 is 20.1 Å². The molecule has 5 aromatic rings. The number of amides is 1. The van der Waals surface area contributed by atoms with Crippen molar-refractivity contribution in [2.75, 3.05) is 24.4 Å². The van der Waals surface area contributed by atoms with Gasteiger partial charge in [-0.2, -0.15) is 0 Å². The average Bonchev–Trinajstić information content (AvgIpc) is 3.35. The fraction of sp³-hybridized carbons (Fsp3) is 0.161. The molecule has 192 valence electrons. The topological polar surface area (TPSA) is 72.5 Å². The minimum Gasteiger partial charge on any atom is -0.493 e. The number of hydrogen-bond donors (Lipinski definition) is 2. The van der Waals surface area contributed by atoms with Crippen molar-refractivity contribution < 1.29 is 14.3 Å². The lowest BCUT2D eigenvalue weighted by Gasteiger charge is -2.16. The molecule has 0 saturated heterocycles. The van der Waals surface area contributed by atoms with E-state index in [9.17, 15) is 4.79 Å². The molecule has 1 amide bonds. The Morgan fingerprint density at radius 1 is 0.895 bits per heavy atom. The zero-order valence-corrected chi connectivity index (χ0v) is 22.4. The summed E-state index contributed by atoms with van der Waals surface area (Å²) in [5.74, 6) is 0.885. The fourth-order valence-electron chi connectivity index (χ4n) is 4.08. The second-order valence-electron chi connectivity index (χ2n) is 9.07. The monoisotopic (exact) mass is 523 g/mol. The number of fused-ring (bicyclic) bond motifs is 1. The Kier molecular flexibility index (Phi) is 7.56. The van der Waals surface area contributed by atoms with E-state index in [2.05, 4.69) is 47.9 Å².